The van der Waals surface area contributed by atoms with E-state index in [1.807, 2.05) is 41.5 Å². The van der Waals surface area contributed by atoms with Crippen LogP contribution in [-0.4, -0.2) is 104 Å². The van der Waals surface area contributed by atoms with Crippen molar-refractivity contribution in [2.45, 2.75) is 248 Å². The maximum Gasteiger partial charge on any atom is 0.116 e. The predicted octanol–water partition coefficient (Wildman–Crippen LogP) is 10.2. The Kier molecular flexibility index (Phi) is 19.8. The van der Waals surface area contributed by atoms with Gasteiger partial charge >= 0.3 is 0 Å². The van der Waals surface area contributed by atoms with Crippen LogP contribution in [0.5, 0.6) is 0 Å². The Hall–Kier alpha value is -0.360. The summed E-state index contributed by atoms with van der Waals surface area (Å²) in [6, 6.07) is 0. The van der Waals surface area contributed by atoms with Gasteiger partial charge < -0.3 is 44.8 Å². The molecule has 1 atom stereocenters. The highest BCUT2D eigenvalue weighted by Gasteiger charge is 2.50. The van der Waals surface area contributed by atoms with E-state index in [0.29, 0.717) is 39.6 Å². The lowest BCUT2D eigenvalue weighted by Crippen LogP contribution is -2.58. The summed E-state index contributed by atoms with van der Waals surface area (Å²) in [7, 11) is 0. The van der Waals surface area contributed by atoms with Crippen molar-refractivity contribution >= 4 is 0 Å². The van der Waals surface area contributed by atoms with Crippen LogP contribution < -0.4 is 0 Å². The minimum atomic E-state index is -0.590. The van der Waals surface area contributed by atoms with Gasteiger partial charge in [0.05, 0.1) is 47.8 Å². The molecule has 59 heavy (non-hydrogen) atoms. The molecule has 9 heteroatoms. The lowest BCUT2D eigenvalue weighted by atomic mass is 9.68. The van der Waals surface area contributed by atoms with Crippen molar-refractivity contribution in [3.63, 3.8) is 0 Å². The van der Waals surface area contributed by atoms with Crippen molar-refractivity contribution in [3.05, 3.63) is 0 Å². The number of ether oxygens (including phenoxy) is 3. The number of rotatable bonds is 0. The second-order valence-electron chi connectivity index (χ2n) is 25.4. The molecule has 0 aromatic rings. The first-order valence-corrected chi connectivity index (χ1v) is 23.3. The van der Waals surface area contributed by atoms with E-state index in [4.69, 9.17) is 14.2 Å². The topological polar surface area (TPSA) is 149 Å². The summed E-state index contributed by atoms with van der Waals surface area (Å²) < 4.78 is 15.3. The zero-order valence-corrected chi connectivity index (χ0v) is 42.1. The minimum Gasteiger partial charge on any atom is -0.389 e. The minimum absolute atomic E-state index is 0.0171. The molecule has 3 saturated heterocycles. The highest BCUT2D eigenvalue weighted by atomic mass is 16.5. The number of hydrogen-bond acceptors (Lipinski definition) is 9. The molecule has 1 unspecified atom stereocenters. The molecule has 6 N–H and O–H groups in total. The summed E-state index contributed by atoms with van der Waals surface area (Å²) in [5.74, 6) is 0. The molecule has 354 valence electrons. The second-order valence-corrected chi connectivity index (χ2v) is 25.4. The van der Waals surface area contributed by atoms with Crippen molar-refractivity contribution in [2.24, 2.45) is 32.5 Å². The summed E-state index contributed by atoms with van der Waals surface area (Å²) in [6.45, 7) is 41.1. The Labute approximate surface area is 364 Å². The molecule has 0 aromatic carbocycles. The highest BCUT2D eigenvalue weighted by molar-refractivity contribution is 5.02. The Morgan fingerprint density at radius 2 is 0.492 bits per heavy atom. The summed E-state index contributed by atoms with van der Waals surface area (Å²) in [5, 5.41) is 59.4. The summed E-state index contributed by atoms with van der Waals surface area (Å²) >= 11 is 0. The summed E-state index contributed by atoms with van der Waals surface area (Å²) in [4.78, 5) is 0. The van der Waals surface area contributed by atoms with Crippen LogP contribution >= 0.6 is 0 Å². The monoisotopic (exact) mass is 845 g/mol. The van der Waals surface area contributed by atoms with Gasteiger partial charge in [0.15, 0.2) is 0 Å². The Bertz CT molecular complexity index is 1110. The van der Waals surface area contributed by atoms with Gasteiger partial charge in [-0.1, -0.05) is 157 Å². The van der Waals surface area contributed by atoms with E-state index >= 15 is 0 Å². The zero-order chi connectivity index (χ0) is 46.3. The van der Waals surface area contributed by atoms with Crippen LogP contribution in [-0.2, 0) is 14.2 Å². The van der Waals surface area contributed by atoms with Crippen LogP contribution in [0.4, 0.5) is 0 Å². The molecule has 6 aliphatic rings. The first-order valence-electron chi connectivity index (χ1n) is 23.3. The Morgan fingerprint density at radius 3 is 0.644 bits per heavy atom. The zero-order valence-electron chi connectivity index (χ0n) is 42.1. The van der Waals surface area contributed by atoms with E-state index in [9.17, 15) is 30.6 Å². The molecule has 3 heterocycles. The fraction of sp³-hybridized carbons (Fsp3) is 1.00. The van der Waals surface area contributed by atoms with Crippen molar-refractivity contribution in [2.75, 3.05) is 39.6 Å². The van der Waals surface area contributed by atoms with Gasteiger partial charge in [0.25, 0.3) is 0 Å². The van der Waals surface area contributed by atoms with Crippen LogP contribution in [0, 0.1) is 32.5 Å². The van der Waals surface area contributed by atoms with E-state index in [1.165, 1.54) is 32.1 Å². The van der Waals surface area contributed by atoms with Crippen LogP contribution in [0.1, 0.15) is 215 Å². The van der Waals surface area contributed by atoms with E-state index in [0.717, 1.165) is 57.8 Å². The molecular formula is C50H100O9. The van der Waals surface area contributed by atoms with E-state index in [2.05, 4.69) is 83.1 Å². The fourth-order valence-electron chi connectivity index (χ4n) is 7.80. The SMILES string of the molecule is CC(C)(C)C1(O)CC1.CC(C)(C)C1(O)CCCC1.CC(C)(C)C1(O)CCCCC1.CC(C)(C)C1(O)CCOC1.CC(C)(C)C1(O)CCOCC1.CC(C)(C)C1(O)COC1. The van der Waals surface area contributed by atoms with Crippen LogP contribution in [0.15, 0.2) is 0 Å². The van der Waals surface area contributed by atoms with Crippen molar-refractivity contribution in [3.8, 4) is 0 Å². The van der Waals surface area contributed by atoms with Crippen molar-refractivity contribution in [1.82, 2.24) is 0 Å². The normalized spacial score (nSPS) is 26.8. The molecule has 0 radical (unpaired) electrons. The second kappa shape index (κ2) is 20.6. The molecule has 9 nitrogen and oxygen atoms in total. The summed E-state index contributed by atoms with van der Waals surface area (Å²) in [6.07, 6.45) is 14.4. The standard InChI is InChI=1S/C10H20O.C9H18O2.C9H18O.C8H16O2.C7H14O2.C7H14O/c1-9(2,3)10(11)7-5-4-6-8-10;1-8(2,3)9(10)4-6-11-7-5-9;1-8(2,3)9(10)6-4-5-7-9;1-7(2,3)8(9)4-5-10-6-8;1-6(2,3)7(8)4-9-5-7;1-6(2,3)7(8)4-5-7/h11H,4-8H2,1-3H3;10H,4-7H2,1-3H3;10H,4-7H2,1-3H3;9H,4-6H2,1-3H3;8H,4-5H2,1-3H3;8H,4-5H2,1-3H3. The molecule has 6 rings (SSSR count). The summed E-state index contributed by atoms with van der Waals surface area (Å²) in [5.41, 5.74) is -2.59. The van der Waals surface area contributed by atoms with Gasteiger partial charge in [0.1, 0.15) is 5.60 Å². The Balaban J connectivity index is 0.000000355. The average molecular weight is 845 g/mol. The first-order chi connectivity index (χ1) is 26.2. The molecule has 3 saturated carbocycles. The number of aliphatic hydroxyl groups is 6. The van der Waals surface area contributed by atoms with Crippen LogP contribution in [0.2, 0.25) is 0 Å². The quantitative estimate of drug-likeness (QED) is 0.140. The van der Waals surface area contributed by atoms with Crippen molar-refractivity contribution in [1.29, 1.82) is 0 Å². The Morgan fingerprint density at radius 1 is 0.254 bits per heavy atom. The maximum atomic E-state index is 10.2. The van der Waals surface area contributed by atoms with E-state index in [-0.39, 0.29) is 49.3 Å². The van der Waals surface area contributed by atoms with Crippen LogP contribution in [0.3, 0.4) is 0 Å². The van der Waals surface area contributed by atoms with Crippen LogP contribution in [0.25, 0.3) is 0 Å². The average Bonchev–Trinajstić information content (AvgIpc) is 3.41. The van der Waals surface area contributed by atoms with E-state index in [1.54, 1.807) is 0 Å². The largest absolute Gasteiger partial charge is 0.389 e. The third-order valence-electron chi connectivity index (χ3n) is 15.2. The third-order valence-corrected chi connectivity index (χ3v) is 15.2. The van der Waals surface area contributed by atoms with Gasteiger partial charge in [-0.15, -0.1) is 0 Å². The molecular weight excluding hydrogens is 745 g/mol. The molecule has 0 bridgehead atoms. The molecule has 3 aliphatic carbocycles. The highest BCUT2D eigenvalue weighted by Crippen LogP contribution is 2.49. The van der Waals surface area contributed by atoms with Crippen molar-refractivity contribution < 1.29 is 44.8 Å². The van der Waals surface area contributed by atoms with Gasteiger partial charge in [0.2, 0.25) is 0 Å². The smallest absolute Gasteiger partial charge is 0.116 e. The van der Waals surface area contributed by atoms with Gasteiger partial charge in [-0.05, 0) is 71.0 Å². The maximum absolute atomic E-state index is 10.2. The molecule has 0 spiro atoms. The lowest BCUT2D eigenvalue weighted by Gasteiger charge is -2.46. The van der Waals surface area contributed by atoms with Gasteiger partial charge in [-0.25, -0.2) is 0 Å². The first kappa shape index (κ1) is 56.7. The molecule has 3 aliphatic heterocycles. The van der Waals surface area contributed by atoms with E-state index < -0.39 is 16.8 Å². The molecule has 6 fully saturated rings. The predicted molar refractivity (Wildman–Crippen MR) is 244 cm³/mol. The third kappa shape index (κ3) is 16.3. The molecule has 0 aromatic heterocycles. The number of hydrogen-bond donors (Lipinski definition) is 6. The molecule has 0 amide bonds. The fourth-order valence-corrected chi connectivity index (χ4v) is 7.80. The lowest BCUT2D eigenvalue weighted by molar-refractivity contribution is -0.228. The van der Waals surface area contributed by atoms with Gasteiger partial charge in [0, 0.05) is 39.1 Å². The van der Waals surface area contributed by atoms with Gasteiger partial charge in [-0.3, -0.25) is 0 Å². The van der Waals surface area contributed by atoms with Gasteiger partial charge in [-0.2, -0.15) is 0 Å².